The van der Waals surface area contributed by atoms with Crippen LogP contribution in [0.25, 0.3) is 0 Å². The van der Waals surface area contributed by atoms with Gasteiger partial charge in [0.1, 0.15) is 0 Å². The lowest BCUT2D eigenvalue weighted by Gasteiger charge is -2.40. The van der Waals surface area contributed by atoms with Gasteiger partial charge in [0.2, 0.25) is 15.9 Å². The summed E-state index contributed by atoms with van der Waals surface area (Å²) in [4.78, 5) is 26.3. The van der Waals surface area contributed by atoms with E-state index in [0.29, 0.717) is 18.5 Å². The highest BCUT2D eigenvalue weighted by atomic mass is 32.2. The van der Waals surface area contributed by atoms with Gasteiger partial charge < -0.3 is 5.32 Å². The second kappa shape index (κ2) is 6.57. The molecule has 2 saturated carbocycles. The van der Waals surface area contributed by atoms with E-state index in [0.717, 1.165) is 31.2 Å². The van der Waals surface area contributed by atoms with Crippen molar-refractivity contribution in [3.63, 3.8) is 0 Å². The van der Waals surface area contributed by atoms with Crippen LogP contribution in [0, 0.1) is 5.92 Å². The van der Waals surface area contributed by atoms with Crippen molar-refractivity contribution in [2.45, 2.75) is 56.4 Å². The predicted octanol–water partition coefficient (Wildman–Crippen LogP) is 2.20. The van der Waals surface area contributed by atoms with E-state index in [2.05, 4.69) is 10.0 Å². The maximum absolute atomic E-state index is 12.7. The van der Waals surface area contributed by atoms with Crippen LogP contribution < -0.4 is 10.0 Å². The number of nitrogens with one attached hydrogen (secondary N) is 2. The Labute approximate surface area is 153 Å². The number of carbonyl (C=O) groups is 2. The van der Waals surface area contributed by atoms with Gasteiger partial charge in [-0.25, -0.2) is 13.2 Å². The largest absolute Gasteiger partial charge is 0.334 e. The maximum Gasteiger partial charge on any atom is 0.324 e. The minimum atomic E-state index is -3.34. The Kier molecular flexibility index (Phi) is 4.38. The second-order valence-electron chi connectivity index (χ2n) is 7.42. The Hall–Kier alpha value is -2.09. The number of sulfonamides is 1. The van der Waals surface area contributed by atoms with Crippen LogP contribution in [0.3, 0.4) is 0 Å². The molecule has 1 heterocycles. The van der Waals surface area contributed by atoms with Gasteiger partial charge in [0.25, 0.3) is 0 Å². The fourth-order valence-corrected chi connectivity index (χ4v) is 5.21. The van der Waals surface area contributed by atoms with Gasteiger partial charge >= 0.3 is 6.03 Å². The molecule has 2 atom stereocenters. The summed E-state index contributed by atoms with van der Waals surface area (Å²) in [5.41, 5.74) is 1.19. The fraction of sp³-hybridized carbons (Fsp3) is 0.556. The summed E-state index contributed by atoms with van der Waals surface area (Å²) in [6, 6.07) is 6.49. The zero-order chi connectivity index (χ0) is 18.3. The summed E-state index contributed by atoms with van der Waals surface area (Å²) in [5, 5.41) is 2.65. The normalized spacial score (nSPS) is 26.2. The van der Waals surface area contributed by atoms with Crippen molar-refractivity contribution in [2.24, 2.45) is 5.92 Å². The topological polar surface area (TPSA) is 95.6 Å². The third kappa shape index (κ3) is 3.42. The van der Waals surface area contributed by atoms with E-state index in [1.807, 2.05) is 0 Å². The molecular formula is C18H23N3O4S. The second-order valence-corrected chi connectivity index (χ2v) is 9.38. The van der Waals surface area contributed by atoms with Crippen molar-refractivity contribution in [1.29, 1.82) is 0 Å². The third-order valence-corrected chi connectivity index (χ3v) is 7.26. The molecule has 0 radical (unpaired) electrons. The van der Waals surface area contributed by atoms with Crippen molar-refractivity contribution in [2.75, 3.05) is 4.72 Å². The molecule has 0 spiro atoms. The third-order valence-electron chi connectivity index (χ3n) is 5.39. The average molecular weight is 377 g/mol. The molecule has 3 fully saturated rings. The van der Waals surface area contributed by atoms with Gasteiger partial charge in [0, 0.05) is 11.7 Å². The summed E-state index contributed by atoms with van der Waals surface area (Å²) >= 11 is 0. The summed E-state index contributed by atoms with van der Waals surface area (Å²) in [7, 11) is -3.34. The number of rotatable bonds is 5. The minimum absolute atomic E-state index is 0.0447. The lowest BCUT2D eigenvalue weighted by atomic mass is 9.82. The molecule has 1 aromatic carbocycles. The van der Waals surface area contributed by atoms with Crippen molar-refractivity contribution in [3.8, 4) is 0 Å². The molecule has 0 unspecified atom stereocenters. The SMILES string of the molecule is O=C1N[C@@H]2CCCC[C@@H]2C(=O)N1Cc1cccc(NS(=O)(=O)C2CC2)c1. The quantitative estimate of drug-likeness (QED) is 0.822. The van der Waals surface area contributed by atoms with Crippen molar-refractivity contribution in [1.82, 2.24) is 10.2 Å². The molecule has 3 amide bonds. The number of hydrogen-bond donors (Lipinski definition) is 2. The molecule has 26 heavy (non-hydrogen) atoms. The first-order chi connectivity index (χ1) is 12.4. The number of amides is 3. The molecule has 140 valence electrons. The van der Waals surface area contributed by atoms with Crippen LogP contribution >= 0.6 is 0 Å². The number of imide groups is 1. The minimum Gasteiger partial charge on any atom is -0.334 e. The first-order valence-corrected chi connectivity index (χ1v) is 10.7. The molecule has 2 N–H and O–H groups in total. The lowest BCUT2D eigenvalue weighted by molar-refractivity contribution is -0.137. The lowest BCUT2D eigenvalue weighted by Crippen LogP contribution is -2.60. The number of carbonyl (C=O) groups excluding carboxylic acids is 2. The van der Waals surface area contributed by atoms with Crippen LogP contribution in [0.15, 0.2) is 24.3 Å². The van der Waals surface area contributed by atoms with Crippen molar-refractivity contribution in [3.05, 3.63) is 29.8 Å². The molecule has 1 aromatic rings. The van der Waals surface area contributed by atoms with Gasteiger partial charge in [0.05, 0.1) is 17.7 Å². The zero-order valence-electron chi connectivity index (χ0n) is 14.5. The van der Waals surface area contributed by atoms with E-state index in [1.54, 1.807) is 24.3 Å². The zero-order valence-corrected chi connectivity index (χ0v) is 15.3. The molecule has 1 saturated heterocycles. The van der Waals surface area contributed by atoms with E-state index in [9.17, 15) is 18.0 Å². The molecule has 2 aliphatic carbocycles. The number of nitrogens with zero attached hydrogens (tertiary/aromatic N) is 1. The number of benzene rings is 1. The molecule has 7 nitrogen and oxygen atoms in total. The van der Waals surface area contributed by atoms with Gasteiger partial charge in [-0.3, -0.25) is 14.4 Å². The summed E-state index contributed by atoms with van der Waals surface area (Å²) in [6.45, 7) is 0.146. The van der Waals surface area contributed by atoms with Gasteiger partial charge in [-0.15, -0.1) is 0 Å². The van der Waals surface area contributed by atoms with E-state index in [4.69, 9.17) is 0 Å². The summed E-state index contributed by atoms with van der Waals surface area (Å²) in [5.74, 6) is -0.264. The van der Waals surface area contributed by atoms with Crippen LogP contribution in [0.4, 0.5) is 10.5 Å². The van der Waals surface area contributed by atoms with Crippen LogP contribution in [0.2, 0.25) is 0 Å². The van der Waals surface area contributed by atoms with Crippen LogP contribution in [0.1, 0.15) is 44.1 Å². The van der Waals surface area contributed by atoms with E-state index < -0.39 is 10.0 Å². The highest BCUT2D eigenvalue weighted by Crippen LogP contribution is 2.31. The van der Waals surface area contributed by atoms with E-state index in [1.165, 1.54) is 4.90 Å². The smallest absolute Gasteiger partial charge is 0.324 e. The van der Waals surface area contributed by atoms with Crippen molar-refractivity contribution < 1.29 is 18.0 Å². The Balaban J connectivity index is 1.49. The number of urea groups is 1. The first-order valence-electron chi connectivity index (χ1n) is 9.16. The summed E-state index contributed by atoms with van der Waals surface area (Å²) in [6.07, 6.45) is 5.10. The van der Waals surface area contributed by atoms with E-state index >= 15 is 0 Å². The number of hydrogen-bond acceptors (Lipinski definition) is 4. The molecule has 3 aliphatic rings. The average Bonchev–Trinajstić information content (AvgIpc) is 3.44. The molecule has 4 rings (SSSR count). The van der Waals surface area contributed by atoms with Crippen molar-refractivity contribution >= 4 is 27.6 Å². The molecule has 1 aliphatic heterocycles. The monoisotopic (exact) mass is 377 g/mol. The van der Waals surface area contributed by atoms with Gasteiger partial charge in [0.15, 0.2) is 0 Å². The van der Waals surface area contributed by atoms with Gasteiger partial charge in [-0.1, -0.05) is 25.0 Å². The highest BCUT2D eigenvalue weighted by Gasteiger charge is 2.42. The Morgan fingerprint density at radius 3 is 2.65 bits per heavy atom. The standard InChI is InChI=1S/C18H23N3O4S/c22-17-15-6-1-2-7-16(15)19-18(23)21(17)11-12-4-3-5-13(10-12)20-26(24,25)14-8-9-14/h3-5,10,14-16,20H,1-2,6-9,11H2,(H,19,23)/t15-,16+/m0/s1. The Morgan fingerprint density at radius 2 is 1.88 bits per heavy atom. The molecule has 8 heteroatoms. The van der Waals surface area contributed by atoms with Crippen LogP contribution in [-0.2, 0) is 21.4 Å². The Bertz CT molecular complexity index is 835. The number of fused-ring (bicyclic) bond motifs is 1. The molecular weight excluding hydrogens is 354 g/mol. The first kappa shape index (κ1) is 17.3. The van der Waals surface area contributed by atoms with Crippen LogP contribution in [-0.4, -0.2) is 36.5 Å². The number of anilines is 1. The molecule has 0 aromatic heterocycles. The Morgan fingerprint density at radius 1 is 1.12 bits per heavy atom. The fourth-order valence-electron chi connectivity index (χ4n) is 3.83. The van der Waals surface area contributed by atoms with Gasteiger partial charge in [-0.05, 0) is 43.4 Å². The van der Waals surface area contributed by atoms with Gasteiger partial charge in [-0.2, -0.15) is 0 Å². The van der Waals surface area contributed by atoms with Crippen LogP contribution in [0.5, 0.6) is 0 Å². The van der Waals surface area contributed by atoms with E-state index in [-0.39, 0.29) is 35.7 Å². The summed E-state index contributed by atoms with van der Waals surface area (Å²) < 4.78 is 26.8. The highest BCUT2D eigenvalue weighted by molar-refractivity contribution is 7.93. The predicted molar refractivity (Wildman–Crippen MR) is 96.8 cm³/mol. The maximum atomic E-state index is 12.7. The molecule has 0 bridgehead atoms.